The molecule has 0 heterocycles. The lowest BCUT2D eigenvalue weighted by Gasteiger charge is -2.05. The third-order valence-corrected chi connectivity index (χ3v) is 1.41. The predicted molar refractivity (Wildman–Crippen MR) is 46.6 cm³/mol. The minimum absolute atomic E-state index is 0.202. The molecule has 0 fully saturated rings. The first kappa shape index (κ1) is 8.74. The maximum Gasteiger partial charge on any atom is 0.231 e. The van der Waals surface area contributed by atoms with Gasteiger partial charge in [-0.1, -0.05) is 18.2 Å². The Kier molecular flexibility index (Phi) is 3.29. The molecule has 3 nitrogen and oxygen atoms in total. The van der Waals surface area contributed by atoms with E-state index in [9.17, 15) is 4.79 Å². The van der Waals surface area contributed by atoms with Crippen molar-refractivity contribution in [2.75, 3.05) is 11.9 Å². The van der Waals surface area contributed by atoms with E-state index >= 15 is 0 Å². The second kappa shape index (κ2) is 4.51. The number of benzene rings is 1. The van der Waals surface area contributed by atoms with Crippen LogP contribution >= 0.6 is 0 Å². The lowest BCUT2D eigenvalue weighted by atomic mass is 10.3. The van der Waals surface area contributed by atoms with Crippen LogP contribution in [0.3, 0.4) is 0 Å². The van der Waals surface area contributed by atoms with Gasteiger partial charge in [-0.25, -0.2) is 0 Å². The van der Waals surface area contributed by atoms with E-state index in [1.807, 2.05) is 30.3 Å². The molecule has 63 valence electrons. The molecule has 0 unspecified atom stereocenters. The molecule has 0 aliphatic carbocycles. The molecule has 1 radical (unpaired) electrons. The number of aliphatic hydroxyl groups is 1. The maximum atomic E-state index is 9.91. The lowest BCUT2D eigenvalue weighted by Crippen LogP contribution is -2.20. The van der Waals surface area contributed by atoms with E-state index in [-0.39, 0.29) is 6.54 Å². The van der Waals surface area contributed by atoms with Gasteiger partial charge in [0.1, 0.15) is 6.10 Å². The Morgan fingerprint density at radius 1 is 1.42 bits per heavy atom. The first-order chi connectivity index (χ1) is 5.83. The average molecular weight is 164 g/mol. The van der Waals surface area contributed by atoms with Crippen LogP contribution in [0.1, 0.15) is 0 Å². The van der Waals surface area contributed by atoms with Gasteiger partial charge in [0.05, 0.1) is 0 Å². The summed E-state index contributed by atoms with van der Waals surface area (Å²) in [6, 6.07) is 9.36. The predicted octanol–water partition coefficient (Wildman–Crippen LogP) is 0.569. The normalized spacial score (nSPS) is 12.1. The van der Waals surface area contributed by atoms with Gasteiger partial charge in [-0.05, 0) is 12.1 Å². The summed E-state index contributed by atoms with van der Waals surface area (Å²) in [5.41, 5.74) is 0.881. The van der Waals surface area contributed by atoms with Gasteiger partial charge in [0.15, 0.2) is 0 Å². The van der Waals surface area contributed by atoms with Gasteiger partial charge < -0.3 is 10.4 Å². The smallest absolute Gasteiger partial charge is 0.231 e. The van der Waals surface area contributed by atoms with Crippen LogP contribution in [-0.2, 0) is 4.79 Å². The zero-order chi connectivity index (χ0) is 8.81. The summed E-state index contributed by atoms with van der Waals surface area (Å²) in [5.74, 6) is 0. The summed E-state index contributed by atoms with van der Waals surface area (Å²) in [4.78, 5) is 9.91. The molecule has 0 aliphatic rings. The molecule has 0 saturated carbocycles. The highest BCUT2D eigenvalue weighted by atomic mass is 16.3. The van der Waals surface area contributed by atoms with Gasteiger partial charge in [0, 0.05) is 12.2 Å². The number of anilines is 1. The van der Waals surface area contributed by atoms with Crippen LogP contribution in [-0.4, -0.2) is 24.0 Å². The second-order valence-corrected chi connectivity index (χ2v) is 2.38. The largest absolute Gasteiger partial charge is 0.383 e. The van der Waals surface area contributed by atoms with Crippen LogP contribution in [0.15, 0.2) is 30.3 Å². The summed E-state index contributed by atoms with van der Waals surface area (Å²) >= 11 is 0. The van der Waals surface area contributed by atoms with Crippen molar-refractivity contribution in [1.82, 2.24) is 0 Å². The Labute approximate surface area is 71.0 Å². The van der Waals surface area contributed by atoms with E-state index in [2.05, 4.69) is 5.32 Å². The Balaban J connectivity index is 2.38. The Hall–Kier alpha value is -1.35. The fourth-order valence-corrected chi connectivity index (χ4v) is 0.812. The van der Waals surface area contributed by atoms with Crippen LogP contribution < -0.4 is 5.32 Å². The molecule has 3 heteroatoms. The Bertz CT molecular complexity index is 236. The fraction of sp³-hybridized carbons (Fsp3) is 0.222. The quantitative estimate of drug-likeness (QED) is 0.684. The zero-order valence-corrected chi connectivity index (χ0v) is 6.53. The molecule has 0 spiro atoms. The van der Waals surface area contributed by atoms with E-state index < -0.39 is 6.10 Å². The SMILES string of the molecule is O=[C][C@@H](O)CNc1ccccc1. The van der Waals surface area contributed by atoms with Gasteiger partial charge in [0.25, 0.3) is 0 Å². The number of hydrogen-bond donors (Lipinski definition) is 2. The fourth-order valence-electron chi connectivity index (χ4n) is 0.812. The van der Waals surface area contributed by atoms with Crippen LogP contribution in [0.25, 0.3) is 0 Å². The standard InChI is InChI=1S/C9H10NO2/c11-7-9(12)6-10-8-4-2-1-3-5-8/h1-5,9-10,12H,6H2/t9-/m0/s1. The third-order valence-electron chi connectivity index (χ3n) is 1.41. The first-order valence-corrected chi connectivity index (χ1v) is 3.67. The van der Waals surface area contributed by atoms with Crippen LogP contribution in [0.5, 0.6) is 0 Å². The van der Waals surface area contributed by atoms with Gasteiger partial charge in [-0.15, -0.1) is 0 Å². The minimum atomic E-state index is -1.05. The minimum Gasteiger partial charge on any atom is -0.383 e. The summed E-state index contributed by atoms with van der Waals surface area (Å²) in [5, 5.41) is 11.7. The average Bonchev–Trinajstić information content (AvgIpc) is 2.16. The molecule has 1 aromatic carbocycles. The Morgan fingerprint density at radius 3 is 2.67 bits per heavy atom. The van der Waals surface area contributed by atoms with Gasteiger partial charge in [-0.3, -0.25) is 4.79 Å². The molecule has 2 N–H and O–H groups in total. The number of rotatable bonds is 4. The lowest BCUT2D eigenvalue weighted by molar-refractivity contribution is 0.247. The molecule has 0 bridgehead atoms. The summed E-state index contributed by atoms with van der Waals surface area (Å²) < 4.78 is 0. The van der Waals surface area contributed by atoms with Crippen LogP contribution in [0.4, 0.5) is 5.69 Å². The molecular formula is C9H10NO2. The van der Waals surface area contributed by atoms with Gasteiger partial charge in [-0.2, -0.15) is 0 Å². The number of para-hydroxylation sites is 1. The molecule has 12 heavy (non-hydrogen) atoms. The van der Waals surface area contributed by atoms with Crippen molar-refractivity contribution in [3.63, 3.8) is 0 Å². The van der Waals surface area contributed by atoms with Crippen molar-refractivity contribution in [3.8, 4) is 0 Å². The molecule has 0 amide bonds. The zero-order valence-electron chi connectivity index (χ0n) is 6.53. The Morgan fingerprint density at radius 2 is 2.08 bits per heavy atom. The van der Waals surface area contributed by atoms with Crippen molar-refractivity contribution in [2.24, 2.45) is 0 Å². The van der Waals surface area contributed by atoms with Crippen molar-refractivity contribution in [3.05, 3.63) is 30.3 Å². The molecule has 0 aliphatic heterocycles. The van der Waals surface area contributed by atoms with Crippen molar-refractivity contribution in [1.29, 1.82) is 0 Å². The van der Waals surface area contributed by atoms with Gasteiger partial charge >= 0.3 is 0 Å². The topological polar surface area (TPSA) is 49.3 Å². The van der Waals surface area contributed by atoms with E-state index in [0.29, 0.717) is 0 Å². The number of aliphatic hydroxyl groups excluding tert-OH is 1. The molecule has 1 aromatic rings. The monoisotopic (exact) mass is 164 g/mol. The third kappa shape index (κ3) is 2.72. The van der Waals surface area contributed by atoms with Crippen LogP contribution in [0, 0.1) is 0 Å². The van der Waals surface area contributed by atoms with Gasteiger partial charge in [0.2, 0.25) is 6.29 Å². The molecule has 1 atom stereocenters. The highest BCUT2D eigenvalue weighted by Gasteiger charge is 2.00. The van der Waals surface area contributed by atoms with E-state index in [1.165, 1.54) is 6.29 Å². The second-order valence-electron chi connectivity index (χ2n) is 2.38. The van der Waals surface area contributed by atoms with Crippen molar-refractivity contribution >= 4 is 12.0 Å². The molecule has 1 rings (SSSR count). The molecule has 0 aromatic heterocycles. The maximum absolute atomic E-state index is 9.91. The van der Waals surface area contributed by atoms with E-state index in [4.69, 9.17) is 5.11 Å². The van der Waals surface area contributed by atoms with E-state index in [1.54, 1.807) is 0 Å². The number of hydrogen-bond acceptors (Lipinski definition) is 3. The number of nitrogens with one attached hydrogen (secondary N) is 1. The van der Waals surface area contributed by atoms with Crippen LogP contribution in [0.2, 0.25) is 0 Å². The number of carbonyl (C=O) groups excluding carboxylic acids is 1. The molecule has 0 saturated heterocycles. The van der Waals surface area contributed by atoms with E-state index in [0.717, 1.165) is 5.69 Å². The molecular weight excluding hydrogens is 154 g/mol. The summed E-state index contributed by atoms with van der Waals surface area (Å²) in [7, 11) is 0. The van der Waals surface area contributed by atoms with Crippen molar-refractivity contribution < 1.29 is 9.90 Å². The van der Waals surface area contributed by atoms with Crippen molar-refractivity contribution in [2.45, 2.75) is 6.10 Å². The highest BCUT2D eigenvalue weighted by Crippen LogP contribution is 2.03. The summed E-state index contributed by atoms with van der Waals surface area (Å²) in [6.07, 6.45) is 0.427. The first-order valence-electron chi connectivity index (χ1n) is 3.67. The highest BCUT2D eigenvalue weighted by molar-refractivity contribution is 5.58. The summed E-state index contributed by atoms with van der Waals surface area (Å²) in [6.45, 7) is 0.202.